The zero-order chi connectivity index (χ0) is 20.6. The molecular formula is C25H26N2O2. The van der Waals surface area contributed by atoms with E-state index in [1.54, 1.807) is 6.21 Å². The number of hydrazone groups is 1. The third kappa shape index (κ3) is 6.32. The largest absolute Gasteiger partial charge is 0.489 e. The van der Waals surface area contributed by atoms with Crippen LogP contribution in [0.25, 0.3) is 0 Å². The maximum atomic E-state index is 12.1. The molecular weight excluding hydrogens is 360 g/mol. The van der Waals surface area contributed by atoms with Crippen molar-refractivity contribution in [2.24, 2.45) is 5.10 Å². The van der Waals surface area contributed by atoms with E-state index in [1.807, 2.05) is 50.2 Å². The highest BCUT2D eigenvalue weighted by Crippen LogP contribution is 2.14. The minimum atomic E-state index is -0.133. The monoisotopic (exact) mass is 386 g/mol. The van der Waals surface area contributed by atoms with Crippen LogP contribution in [0.4, 0.5) is 0 Å². The fourth-order valence-corrected chi connectivity index (χ4v) is 2.94. The number of benzene rings is 3. The van der Waals surface area contributed by atoms with Gasteiger partial charge in [-0.15, -0.1) is 0 Å². The van der Waals surface area contributed by atoms with Crippen LogP contribution in [0.3, 0.4) is 0 Å². The van der Waals surface area contributed by atoms with Crippen LogP contribution in [0, 0.1) is 20.8 Å². The van der Waals surface area contributed by atoms with E-state index in [9.17, 15) is 4.79 Å². The Morgan fingerprint density at radius 3 is 2.31 bits per heavy atom. The van der Waals surface area contributed by atoms with E-state index in [0.717, 1.165) is 28.0 Å². The van der Waals surface area contributed by atoms with Gasteiger partial charge < -0.3 is 4.74 Å². The first kappa shape index (κ1) is 20.3. The standard InChI is InChI=1S/C25H26N2O2/c1-18-4-7-22(8-5-18)17-29-24-12-9-21(10-13-24)16-26-27-25(28)15-23-11-6-19(2)14-20(23)3/h4-14,16H,15,17H2,1-3H3,(H,27,28)/b26-16-. The van der Waals surface area contributed by atoms with Crippen LogP contribution in [0.2, 0.25) is 0 Å². The van der Waals surface area contributed by atoms with Gasteiger partial charge in [0.25, 0.3) is 0 Å². The van der Waals surface area contributed by atoms with Crippen molar-refractivity contribution in [2.45, 2.75) is 33.8 Å². The Bertz CT molecular complexity index is 990. The fraction of sp³-hybridized carbons (Fsp3) is 0.200. The highest BCUT2D eigenvalue weighted by molar-refractivity contribution is 5.83. The number of carbonyl (C=O) groups is 1. The van der Waals surface area contributed by atoms with Crippen molar-refractivity contribution in [1.29, 1.82) is 0 Å². The molecule has 4 heteroatoms. The Balaban J connectivity index is 1.47. The van der Waals surface area contributed by atoms with Crippen molar-refractivity contribution in [1.82, 2.24) is 5.43 Å². The number of ether oxygens (including phenoxy) is 1. The van der Waals surface area contributed by atoms with Crippen LogP contribution in [0.15, 0.2) is 71.8 Å². The SMILES string of the molecule is Cc1ccc(COc2ccc(/C=N\NC(=O)Cc3ccc(C)cc3C)cc2)cc1. The van der Waals surface area contributed by atoms with Crippen LogP contribution < -0.4 is 10.2 Å². The van der Waals surface area contributed by atoms with Gasteiger partial charge in [0.1, 0.15) is 12.4 Å². The van der Waals surface area contributed by atoms with Gasteiger partial charge in [-0.25, -0.2) is 5.43 Å². The Hall–Kier alpha value is -3.40. The predicted octanol–water partition coefficient (Wildman–Crippen LogP) is 4.88. The highest BCUT2D eigenvalue weighted by Gasteiger charge is 2.05. The average Bonchev–Trinajstić information content (AvgIpc) is 2.71. The average molecular weight is 386 g/mol. The van der Waals surface area contributed by atoms with E-state index < -0.39 is 0 Å². The molecule has 0 radical (unpaired) electrons. The summed E-state index contributed by atoms with van der Waals surface area (Å²) in [5.74, 6) is 0.660. The molecule has 3 aromatic carbocycles. The van der Waals surface area contributed by atoms with E-state index in [1.165, 1.54) is 11.1 Å². The van der Waals surface area contributed by atoms with Crippen LogP contribution >= 0.6 is 0 Å². The zero-order valence-electron chi connectivity index (χ0n) is 17.1. The summed E-state index contributed by atoms with van der Waals surface area (Å²) in [7, 11) is 0. The van der Waals surface area contributed by atoms with E-state index in [-0.39, 0.29) is 5.91 Å². The lowest BCUT2D eigenvalue weighted by atomic mass is 10.0. The summed E-state index contributed by atoms with van der Waals surface area (Å²) in [6, 6.07) is 22.0. The summed E-state index contributed by atoms with van der Waals surface area (Å²) in [5, 5.41) is 4.05. The van der Waals surface area contributed by atoms with Crippen LogP contribution in [-0.4, -0.2) is 12.1 Å². The van der Waals surface area contributed by atoms with Crippen molar-refractivity contribution in [3.05, 3.63) is 100 Å². The first-order chi connectivity index (χ1) is 14.0. The molecule has 0 bridgehead atoms. The number of hydrogen-bond donors (Lipinski definition) is 1. The third-order valence-electron chi connectivity index (χ3n) is 4.66. The fourth-order valence-electron chi connectivity index (χ4n) is 2.94. The maximum Gasteiger partial charge on any atom is 0.244 e. The number of nitrogens with one attached hydrogen (secondary N) is 1. The maximum absolute atomic E-state index is 12.1. The van der Waals surface area contributed by atoms with Crippen LogP contribution in [0.1, 0.15) is 33.4 Å². The summed E-state index contributed by atoms with van der Waals surface area (Å²) >= 11 is 0. The van der Waals surface area contributed by atoms with Crippen molar-refractivity contribution in [3.63, 3.8) is 0 Å². The molecule has 3 rings (SSSR count). The van der Waals surface area contributed by atoms with Gasteiger partial charge in [0.05, 0.1) is 12.6 Å². The first-order valence-corrected chi connectivity index (χ1v) is 9.66. The molecule has 29 heavy (non-hydrogen) atoms. The summed E-state index contributed by atoms with van der Waals surface area (Å²) in [5.41, 5.74) is 9.16. The minimum Gasteiger partial charge on any atom is -0.489 e. The lowest BCUT2D eigenvalue weighted by Crippen LogP contribution is -2.20. The van der Waals surface area contributed by atoms with E-state index in [2.05, 4.69) is 47.8 Å². The molecule has 1 amide bonds. The number of hydrogen-bond acceptors (Lipinski definition) is 3. The quantitative estimate of drug-likeness (QED) is 0.465. The lowest BCUT2D eigenvalue weighted by Gasteiger charge is -2.07. The van der Waals surface area contributed by atoms with Crippen molar-refractivity contribution in [2.75, 3.05) is 0 Å². The van der Waals surface area contributed by atoms with Crippen LogP contribution in [-0.2, 0) is 17.8 Å². The van der Waals surface area contributed by atoms with E-state index >= 15 is 0 Å². The van der Waals surface area contributed by atoms with Gasteiger partial charge in [0.2, 0.25) is 5.91 Å². The summed E-state index contributed by atoms with van der Waals surface area (Å²) in [4.78, 5) is 12.1. The first-order valence-electron chi connectivity index (χ1n) is 9.66. The molecule has 148 valence electrons. The Morgan fingerprint density at radius 2 is 1.62 bits per heavy atom. The van der Waals surface area contributed by atoms with E-state index in [4.69, 9.17) is 4.74 Å². The second-order valence-corrected chi connectivity index (χ2v) is 7.24. The molecule has 0 aliphatic rings. The van der Waals surface area contributed by atoms with Gasteiger partial charge in [-0.1, -0.05) is 53.6 Å². The molecule has 4 nitrogen and oxygen atoms in total. The molecule has 0 saturated carbocycles. The van der Waals surface area contributed by atoms with Gasteiger partial charge in [-0.05, 0) is 67.3 Å². The molecule has 0 aromatic heterocycles. The molecule has 0 atom stereocenters. The Labute approximate surface area is 172 Å². The Kier molecular flexibility index (Phi) is 6.80. The van der Waals surface area contributed by atoms with Gasteiger partial charge in [0.15, 0.2) is 0 Å². The van der Waals surface area contributed by atoms with Crippen molar-refractivity contribution in [3.8, 4) is 5.75 Å². The van der Waals surface area contributed by atoms with Crippen molar-refractivity contribution < 1.29 is 9.53 Å². The molecule has 0 spiro atoms. The zero-order valence-corrected chi connectivity index (χ0v) is 17.1. The number of amides is 1. The van der Waals surface area contributed by atoms with Gasteiger partial charge in [-0.2, -0.15) is 5.10 Å². The molecule has 0 fully saturated rings. The number of nitrogens with zero attached hydrogens (tertiary/aromatic N) is 1. The summed E-state index contributed by atoms with van der Waals surface area (Å²) in [6.07, 6.45) is 1.94. The molecule has 0 heterocycles. The smallest absolute Gasteiger partial charge is 0.244 e. The summed E-state index contributed by atoms with van der Waals surface area (Å²) < 4.78 is 5.80. The molecule has 3 aromatic rings. The topological polar surface area (TPSA) is 50.7 Å². The second-order valence-electron chi connectivity index (χ2n) is 7.24. The normalized spacial score (nSPS) is 10.9. The predicted molar refractivity (Wildman–Crippen MR) is 117 cm³/mol. The van der Waals surface area contributed by atoms with Gasteiger partial charge in [0, 0.05) is 0 Å². The molecule has 0 aliphatic carbocycles. The third-order valence-corrected chi connectivity index (χ3v) is 4.66. The molecule has 0 aliphatic heterocycles. The number of carbonyl (C=O) groups excluding carboxylic acids is 1. The lowest BCUT2D eigenvalue weighted by molar-refractivity contribution is -0.120. The van der Waals surface area contributed by atoms with Gasteiger partial charge in [-0.3, -0.25) is 4.79 Å². The Morgan fingerprint density at radius 1 is 0.931 bits per heavy atom. The second kappa shape index (κ2) is 9.69. The molecule has 0 saturated heterocycles. The molecule has 0 unspecified atom stereocenters. The molecule has 1 N–H and O–H groups in total. The van der Waals surface area contributed by atoms with Crippen LogP contribution in [0.5, 0.6) is 5.75 Å². The van der Waals surface area contributed by atoms with E-state index in [0.29, 0.717) is 13.0 Å². The number of rotatable bonds is 7. The summed E-state index contributed by atoms with van der Waals surface area (Å²) in [6.45, 7) is 6.65. The van der Waals surface area contributed by atoms with Gasteiger partial charge >= 0.3 is 0 Å². The highest BCUT2D eigenvalue weighted by atomic mass is 16.5. The number of aryl methyl sites for hydroxylation is 3. The van der Waals surface area contributed by atoms with Crippen molar-refractivity contribution >= 4 is 12.1 Å². The minimum absolute atomic E-state index is 0.133.